The third-order valence-electron chi connectivity index (χ3n) is 2.77. The maximum absolute atomic E-state index is 5.45. The minimum atomic E-state index is 0.974. The molecule has 0 radical (unpaired) electrons. The van der Waals surface area contributed by atoms with Crippen LogP contribution < -0.4 is 10.3 Å². The van der Waals surface area contributed by atoms with Gasteiger partial charge >= 0.3 is 0 Å². The number of rotatable bonds is 6. The predicted molar refractivity (Wildman–Crippen MR) is 68.9 cm³/mol. The maximum Gasteiger partial charge on any atom is 0.150 e. The Hall–Kier alpha value is -1.02. The number of hydroxylamine groups is 1. The zero-order valence-electron chi connectivity index (χ0n) is 10.9. The molecule has 0 heterocycles. The summed E-state index contributed by atoms with van der Waals surface area (Å²) < 4.78 is 0. The molecule has 0 aromatic heterocycles. The van der Waals surface area contributed by atoms with E-state index in [1.54, 1.807) is 7.05 Å². The van der Waals surface area contributed by atoms with Gasteiger partial charge in [0.15, 0.2) is 5.75 Å². The predicted octanol–water partition coefficient (Wildman–Crippen LogP) is 3.41. The van der Waals surface area contributed by atoms with Crippen LogP contribution in [0.2, 0.25) is 0 Å². The van der Waals surface area contributed by atoms with Crippen molar-refractivity contribution in [1.82, 2.24) is 5.48 Å². The fourth-order valence-corrected chi connectivity index (χ4v) is 1.99. The quantitative estimate of drug-likeness (QED) is 0.743. The molecule has 0 aliphatic heterocycles. The van der Waals surface area contributed by atoms with Crippen molar-refractivity contribution in [2.75, 3.05) is 7.05 Å². The molecule has 0 amide bonds. The van der Waals surface area contributed by atoms with Crippen molar-refractivity contribution in [2.24, 2.45) is 0 Å². The Morgan fingerprint density at radius 1 is 1.06 bits per heavy atom. The number of nitrogens with one attached hydrogen (secondary N) is 1. The zero-order chi connectivity index (χ0) is 12.0. The minimum absolute atomic E-state index is 0.974. The van der Waals surface area contributed by atoms with Gasteiger partial charge in [-0.05, 0) is 42.5 Å². The van der Waals surface area contributed by atoms with Gasteiger partial charge in [0.05, 0.1) is 0 Å². The van der Waals surface area contributed by atoms with Gasteiger partial charge in [0, 0.05) is 7.05 Å². The summed E-state index contributed by atoms with van der Waals surface area (Å²) in [6.45, 7) is 6.57. The van der Waals surface area contributed by atoms with Crippen LogP contribution >= 0.6 is 0 Å². The topological polar surface area (TPSA) is 21.3 Å². The third-order valence-corrected chi connectivity index (χ3v) is 2.77. The molecule has 16 heavy (non-hydrogen) atoms. The van der Waals surface area contributed by atoms with E-state index in [0.29, 0.717) is 0 Å². The van der Waals surface area contributed by atoms with Gasteiger partial charge in [-0.25, -0.2) is 0 Å². The zero-order valence-corrected chi connectivity index (χ0v) is 10.9. The second kappa shape index (κ2) is 6.54. The lowest BCUT2D eigenvalue weighted by molar-refractivity contribution is 0.221. The Balaban J connectivity index is 3.03. The summed E-state index contributed by atoms with van der Waals surface area (Å²) in [5.41, 5.74) is 6.85. The van der Waals surface area contributed by atoms with Crippen LogP contribution in [-0.4, -0.2) is 7.05 Å². The van der Waals surface area contributed by atoms with Crippen molar-refractivity contribution in [3.63, 3.8) is 0 Å². The number of aryl methyl sites for hydroxylation is 3. The smallest absolute Gasteiger partial charge is 0.150 e. The van der Waals surface area contributed by atoms with Crippen molar-refractivity contribution >= 4 is 0 Å². The molecule has 0 bridgehead atoms. The fourth-order valence-electron chi connectivity index (χ4n) is 1.99. The second-order valence-corrected chi connectivity index (χ2v) is 4.19. The van der Waals surface area contributed by atoms with Crippen LogP contribution in [0.15, 0.2) is 12.1 Å². The first-order chi connectivity index (χ1) is 7.72. The molecule has 0 saturated heterocycles. The van der Waals surface area contributed by atoms with Crippen LogP contribution in [0.3, 0.4) is 0 Å². The summed E-state index contributed by atoms with van der Waals surface area (Å²) in [6.07, 6.45) is 4.57. The van der Waals surface area contributed by atoms with E-state index < -0.39 is 0 Å². The van der Waals surface area contributed by atoms with Gasteiger partial charge < -0.3 is 4.84 Å². The average molecular weight is 221 g/mol. The summed E-state index contributed by atoms with van der Waals surface area (Å²) in [6, 6.07) is 4.45. The van der Waals surface area contributed by atoms with Crippen LogP contribution in [-0.2, 0) is 12.8 Å². The summed E-state index contributed by atoms with van der Waals surface area (Å²) in [5, 5.41) is 0. The largest absolute Gasteiger partial charge is 0.409 e. The Morgan fingerprint density at radius 2 is 1.69 bits per heavy atom. The van der Waals surface area contributed by atoms with Crippen molar-refractivity contribution in [3.05, 3.63) is 28.8 Å². The SMILES string of the molecule is CCCc1cc(CCC)c(ONC)cc1C. The van der Waals surface area contributed by atoms with Gasteiger partial charge in [0.2, 0.25) is 0 Å². The summed E-state index contributed by atoms with van der Waals surface area (Å²) >= 11 is 0. The van der Waals surface area contributed by atoms with Gasteiger partial charge in [-0.3, -0.25) is 0 Å². The molecule has 0 unspecified atom stereocenters. The first-order valence-corrected chi connectivity index (χ1v) is 6.18. The molecular formula is C14H23NO. The van der Waals surface area contributed by atoms with E-state index in [2.05, 4.69) is 38.4 Å². The van der Waals surface area contributed by atoms with E-state index in [0.717, 1.165) is 25.0 Å². The minimum Gasteiger partial charge on any atom is -0.409 e. The van der Waals surface area contributed by atoms with E-state index in [1.165, 1.54) is 23.1 Å². The van der Waals surface area contributed by atoms with Gasteiger partial charge in [0.1, 0.15) is 0 Å². The molecule has 1 aromatic rings. The number of hydrogen-bond donors (Lipinski definition) is 1. The van der Waals surface area contributed by atoms with E-state index in [-0.39, 0.29) is 0 Å². The first-order valence-electron chi connectivity index (χ1n) is 6.18. The van der Waals surface area contributed by atoms with Crippen LogP contribution in [0.25, 0.3) is 0 Å². The highest BCUT2D eigenvalue weighted by Crippen LogP contribution is 2.25. The Labute approximate surface area is 99.0 Å². The molecule has 2 nitrogen and oxygen atoms in total. The molecule has 1 aromatic carbocycles. The highest BCUT2D eigenvalue weighted by atomic mass is 16.6. The molecule has 0 aliphatic rings. The molecule has 0 fully saturated rings. The number of hydrogen-bond acceptors (Lipinski definition) is 2. The fraction of sp³-hybridized carbons (Fsp3) is 0.571. The normalized spacial score (nSPS) is 10.5. The summed E-state index contributed by atoms with van der Waals surface area (Å²) in [7, 11) is 1.80. The van der Waals surface area contributed by atoms with E-state index in [1.807, 2.05) is 0 Å². The van der Waals surface area contributed by atoms with Gasteiger partial charge in [-0.2, -0.15) is 5.48 Å². The lowest BCUT2D eigenvalue weighted by atomic mass is 9.98. The molecule has 0 saturated carbocycles. The average Bonchev–Trinajstić information content (AvgIpc) is 2.25. The standard InChI is InChI=1S/C14H23NO/c1-5-7-12-10-13(8-6-2)14(16-15-4)9-11(12)3/h9-10,15H,5-8H2,1-4H3. The summed E-state index contributed by atoms with van der Waals surface area (Å²) in [5.74, 6) is 0.974. The molecule has 0 spiro atoms. The van der Waals surface area contributed by atoms with Crippen molar-refractivity contribution < 1.29 is 4.84 Å². The Kier molecular flexibility index (Phi) is 5.33. The van der Waals surface area contributed by atoms with Gasteiger partial charge in [0.25, 0.3) is 0 Å². The van der Waals surface area contributed by atoms with Crippen LogP contribution in [0.5, 0.6) is 5.75 Å². The maximum atomic E-state index is 5.45. The number of benzene rings is 1. The van der Waals surface area contributed by atoms with Gasteiger partial charge in [-0.15, -0.1) is 0 Å². The third kappa shape index (κ3) is 3.24. The lowest BCUT2D eigenvalue weighted by Gasteiger charge is -2.13. The Morgan fingerprint density at radius 3 is 2.25 bits per heavy atom. The monoisotopic (exact) mass is 221 g/mol. The van der Waals surface area contributed by atoms with Crippen molar-refractivity contribution in [1.29, 1.82) is 0 Å². The van der Waals surface area contributed by atoms with Crippen LogP contribution in [0.4, 0.5) is 0 Å². The van der Waals surface area contributed by atoms with Crippen molar-refractivity contribution in [3.8, 4) is 5.75 Å². The summed E-state index contributed by atoms with van der Waals surface area (Å²) in [4.78, 5) is 5.45. The molecular weight excluding hydrogens is 198 g/mol. The molecule has 0 atom stereocenters. The van der Waals surface area contributed by atoms with E-state index >= 15 is 0 Å². The lowest BCUT2D eigenvalue weighted by Crippen LogP contribution is -2.13. The molecule has 1 rings (SSSR count). The Bertz CT molecular complexity index is 334. The van der Waals surface area contributed by atoms with E-state index in [4.69, 9.17) is 4.84 Å². The van der Waals surface area contributed by atoms with Crippen LogP contribution in [0, 0.1) is 6.92 Å². The molecule has 0 aliphatic carbocycles. The van der Waals surface area contributed by atoms with Crippen LogP contribution in [0.1, 0.15) is 43.4 Å². The highest BCUT2D eigenvalue weighted by Gasteiger charge is 2.07. The van der Waals surface area contributed by atoms with Crippen molar-refractivity contribution in [2.45, 2.75) is 46.5 Å². The van der Waals surface area contributed by atoms with E-state index in [9.17, 15) is 0 Å². The first kappa shape index (κ1) is 13.0. The molecule has 2 heteroatoms. The highest BCUT2D eigenvalue weighted by molar-refractivity contribution is 5.42. The second-order valence-electron chi connectivity index (χ2n) is 4.19. The molecule has 90 valence electrons. The van der Waals surface area contributed by atoms with Gasteiger partial charge in [-0.1, -0.05) is 32.8 Å². The molecule has 1 N–H and O–H groups in total.